The quantitative estimate of drug-likeness (QED) is 0.153. The van der Waals surface area contributed by atoms with Crippen LogP contribution in [-0.4, -0.2) is 0 Å². The lowest BCUT2D eigenvalue weighted by molar-refractivity contribution is -0.660. The van der Waals surface area contributed by atoms with Crippen LogP contribution in [0.3, 0.4) is 0 Å². The summed E-state index contributed by atoms with van der Waals surface area (Å²) in [5.74, 6) is 0. The Morgan fingerprint density at radius 2 is 0.628 bits per heavy atom. The van der Waals surface area contributed by atoms with Gasteiger partial charge in [-0.15, -0.1) is 0 Å². The minimum atomic E-state index is -2.34. The lowest BCUT2D eigenvalue weighted by Crippen LogP contribution is -2.31. The minimum Gasteiger partial charge on any atom is -0.201 e. The van der Waals surface area contributed by atoms with Gasteiger partial charge in [-0.3, -0.25) is 0 Å². The molecule has 0 amide bonds. The number of nitrogens with zero attached hydrogens (tertiary/aromatic N) is 5. The molecule has 0 saturated heterocycles. The number of hydrogen-bond acceptors (Lipinski definition) is 0. The summed E-state index contributed by atoms with van der Waals surface area (Å²) in [5, 5.41) is 0. The van der Waals surface area contributed by atoms with E-state index in [1.807, 2.05) is 113 Å². The molecule has 0 atom stereocenters. The van der Waals surface area contributed by atoms with Gasteiger partial charge < -0.3 is 0 Å². The monoisotopic (exact) mass is 1050 g/mol. The van der Waals surface area contributed by atoms with Gasteiger partial charge in [-0.05, 0) is 177 Å². The number of rotatable bonds is 5. The average molecular weight is 1050 g/mol. The molecule has 10 aromatic rings. The Morgan fingerprint density at radius 1 is 0.256 bits per heavy atom. The maximum atomic E-state index is 8.15. The predicted molar refractivity (Wildman–Crippen MR) is 327 cm³/mol. The first-order valence-corrected chi connectivity index (χ1v) is 25.6. The first kappa shape index (κ1) is 36.8. The highest BCUT2D eigenvalue weighted by molar-refractivity contribution is 5.65. The van der Waals surface area contributed by atoms with Crippen LogP contribution in [0.25, 0.3) is 56.3 Å². The van der Waals surface area contributed by atoms with Crippen LogP contribution in [0.5, 0.6) is 0 Å². The highest BCUT2D eigenvalue weighted by Gasteiger charge is 2.16. The predicted octanol–water partition coefficient (Wildman–Crippen LogP) is 14.9. The Morgan fingerprint density at radius 3 is 1.13 bits per heavy atom. The Balaban J connectivity index is 0.000000194. The van der Waals surface area contributed by atoms with Crippen LogP contribution in [0, 0.1) is 89.6 Å². The lowest BCUT2D eigenvalue weighted by Gasteiger charge is -2.07. The van der Waals surface area contributed by atoms with Gasteiger partial charge in [0.25, 0.3) is 0 Å². The zero-order chi connectivity index (χ0) is 73.6. The van der Waals surface area contributed by atoms with Crippen molar-refractivity contribution in [3.8, 4) is 56.3 Å². The van der Waals surface area contributed by atoms with Crippen LogP contribution in [0.2, 0.25) is 0 Å². The molecule has 0 fully saturated rings. The molecule has 0 spiro atoms. The minimum absolute atomic E-state index is 0.0134. The molecule has 0 saturated carbocycles. The van der Waals surface area contributed by atoms with E-state index in [0.717, 1.165) is 72.8 Å². The molecular weight excluding hydrogens is 947 g/mol. The van der Waals surface area contributed by atoms with Crippen LogP contribution in [-0.2, 0) is 35.2 Å². The van der Waals surface area contributed by atoms with Crippen molar-refractivity contribution in [1.29, 1.82) is 0 Å². The Kier molecular flexibility index (Phi) is 12.9. The summed E-state index contributed by atoms with van der Waals surface area (Å²) in [4.78, 5) is 0. The summed E-state index contributed by atoms with van der Waals surface area (Å²) in [6.07, 6.45) is 1.14. The molecule has 5 heterocycles. The summed E-state index contributed by atoms with van der Waals surface area (Å²) >= 11 is 0. The van der Waals surface area contributed by atoms with Crippen LogP contribution in [0.1, 0.15) is 99.7 Å². The van der Waals surface area contributed by atoms with Crippen LogP contribution in [0.4, 0.5) is 0 Å². The zero-order valence-electron chi connectivity index (χ0n) is 67.3. The summed E-state index contributed by atoms with van der Waals surface area (Å²) in [5.41, 5.74) is 18.6. The number of benzene rings is 5. The van der Waals surface area contributed by atoms with Crippen molar-refractivity contribution in [2.24, 2.45) is 35.2 Å². The molecule has 0 unspecified atom stereocenters. The average Bonchev–Trinajstić information content (AvgIpc) is 0.806. The van der Waals surface area contributed by atoms with Crippen molar-refractivity contribution in [1.82, 2.24) is 0 Å². The molecule has 398 valence electrons. The summed E-state index contributed by atoms with van der Waals surface area (Å²) in [6, 6.07) is 49.1. The SMILES string of the molecule is [2H]c1c(C([2H])([2H])[2H])ccc(-c2ccc(C([2H])([2H])[2H])cc2C)[n+]1C.[2H]c1c(C([2H])([2H])[2H])ccc(-c2ccccc2C)[n+]1C.[2H]c1c(C)c(C)cc(-c2ccc(C)cc2C)[n+]1C.[2H]c1cc(C([2H])([2H])[2H])cc(-c2ccccc2C)[n+]1C.[2H]c1cccc(-c2ccc(C([2H])([2H])[2H])cc2C)[n+]1C. The molecule has 0 N–H and O–H groups in total. The molecule has 5 heteroatoms. The van der Waals surface area contributed by atoms with Crippen LogP contribution >= 0.6 is 0 Å². The number of pyridine rings is 5. The molecule has 0 radical (unpaired) electrons. The van der Waals surface area contributed by atoms with Gasteiger partial charge in [0.15, 0.2) is 30.9 Å². The fraction of sp³-hybridized carbons (Fsp3) is 0.247. The number of aromatic nitrogens is 5. The summed E-state index contributed by atoms with van der Waals surface area (Å²) in [6.45, 7) is 4.93. The molecule has 0 aliphatic heterocycles. The maximum Gasteiger partial charge on any atom is 0.212 e. The van der Waals surface area contributed by atoms with Gasteiger partial charge in [0, 0.05) is 108 Å². The third-order valence-corrected chi connectivity index (χ3v) is 13.3. The highest BCUT2D eigenvalue weighted by Crippen LogP contribution is 2.25. The standard InChI is InChI=1S/C16H20N.C15H18N.3C14H16N/c1-11-6-7-15(13(3)8-11)16-9-12(2)14(4)10-17(16)5;1-11-5-7-14(13(3)9-11)15-8-6-12(2)10-16(15)4;1-11-7-8-13(12(2)10-11)14-6-4-5-9-15(14)3;1-11-8-9-15(3)14(10-11)13-7-5-4-6-12(13)2;1-11-8-9-14(15(3)10-11)13-7-5-4-6-12(13)2/h6-10H,1-5H3;5-10H,1-4H3;3*4-10H,1-3H3/q5*+1/i10D;1D3,2D3,10D;2*1D3,9D;1D3,10D. The second kappa shape index (κ2) is 27.2. The van der Waals surface area contributed by atoms with E-state index >= 15 is 0 Å². The lowest BCUT2D eigenvalue weighted by atomic mass is 10.0. The molecule has 5 aromatic heterocycles. The largest absolute Gasteiger partial charge is 0.212 e. The van der Waals surface area contributed by atoms with Crippen molar-refractivity contribution < 1.29 is 50.3 Å². The van der Waals surface area contributed by atoms with E-state index in [4.69, 9.17) is 27.4 Å². The Bertz CT molecular complexity index is 4540. The van der Waals surface area contributed by atoms with Crippen molar-refractivity contribution in [3.05, 3.63) is 267 Å². The number of aryl methyl sites for hydroxylation is 12. The van der Waals surface area contributed by atoms with Gasteiger partial charge in [0.2, 0.25) is 28.5 Å². The van der Waals surface area contributed by atoms with Gasteiger partial charge in [-0.1, -0.05) is 89.5 Å². The number of hydrogen-bond donors (Lipinski definition) is 0. The van der Waals surface area contributed by atoms with Crippen LogP contribution < -0.4 is 22.8 Å². The van der Waals surface area contributed by atoms with E-state index in [1.165, 1.54) is 51.1 Å². The second-order valence-corrected chi connectivity index (χ2v) is 19.5. The van der Waals surface area contributed by atoms with E-state index in [-0.39, 0.29) is 40.8 Å². The molecule has 5 nitrogen and oxygen atoms in total. The molecule has 5 aromatic carbocycles. The van der Waals surface area contributed by atoms with E-state index < -0.39 is 34.3 Å². The van der Waals surface area contributed by atoms with Gasteiger partial charge >= 0.3 is 0 Å². The molecule has 0 bridgehead atoms. The molecule has 10 rings (SSSR count). The van der Waals surface area contributed by atoms with Gasteiger partial charge in [-0.2, -0.15) is 0 Å². The van der Waals surface area contributed by atoms with Gasteiger partial charge in [0.1, 0.15) is 42.1 Å². The first-order chi connectivity index (χ1) is 45.3. The third-order valence-electron chi connectivity index (χ3n) is 13.3. The highest BCUT2D eigenvalue weighted by atomic mass is 14.9. The molecule has 0 aliphatic rings. The van der Waals surface area contributed by atoms with E-state index in [2.05, 4.69) is 45.0 Å². The van der Waals surface area contributed by atoms with Crippen molar-refractivity contribution in [3.63, 3.8) is 0 Å². The second-order valence-electron chi connectivity index (χ2n) is 19.5. The Labute approximate surface area is 497 Å². The molecular formula is C73H86N5+5. The zero-order valence-corrected chi connectivity index (χ0v) is 47.3. The molecule has 0 aliphatic carbocycles. The first-order valence-electron chi connectivity index (χ1n) is 35.6. The summed E-state index contributed by atoms with van der Waals surface area (Å²) in [7, 11) is 8.91. The summed E-state index contributed by atoms with van der Waals surface area (Å²) < 4.78 is 160. The van der Waals surface area contributed by atoms with Gasteiger partial charge in [-0.25, -0.2) is 22.8 Å². The van der Waals surface area contributed by atoms with E-state index in [1.54, 1.807) is 90.3 Å². The van der Waals surface area contributed by atoms with Gasteiger partial charge in [0.05, 0.1) is 0 Å². The van der Waals surface area contributed by atoms with E-state index in [9.17, 15) is 0 Å². The van der Waals surface area contributed by atoms with Crippen molar-refractivity contribution in [2.45, 2.75) is 89.6 Å². The fourth-order valence-electron chi connectivity index (χ4n) is 8.96. The smallest absolute Gasteiger partial charge is 0.201 e. The fourth-order valence-corrected chi connectivity index (χ4v) is 8.96. The van der Waals surface area contributed by atoms with Crippen molar-refractivity contribution >= 4 is 0 Å². The van der Waals surface area contributed by atoms with Crippen molar-refractivity contribution in [2.75, 3.05) is 0 Å². The third kappa shape index (κ3) is 15.7. The maximum absolute atomic E-state index is 8.15. The normalized spacial score (nSPS) is 15.0. The molecule has 78 heavy (non-hydrogen) atoms. The Hall–Kier alpha value is -8.15. The van der Waals surface area contributed by atoms with Crippen LogP contribution in [0.15, 0.2) is 195 Å². The topological polar surface area (TPSA) is 19.4 Å². The van der Waals surface area contributed by atoms with E-state index in [0.29, 0.717) is 23.6 Å².